The Kier molecular flexibility index (Phi) is 22.5. The Bertz CT molecular complexity index is 2530. The Morgan fingerprint density at radius 3 is 2.12 bits per heavy atom. The van der Waals surface area contributed by atoms with E-state index >= 15 is 0 Å². The smallest absolute Gasteiger partial charge is 0.414 e. The van der Waals surface area contributed by atoms with Gasteiger partial charge in [0.15, 0.2) is 17.7 Å². The lowest BCUT2D eigenvalue weighted by Crippen LogP contribution is -2.61. The lowest BCUT2D eigenvalue weighted by Gasteiger charge is -2.45. The molecule has 5 rings (SSSR count). The number of guanidine groups is 1. The normalized spacial score (nSPS) is 29.7. The number of ether oxygens (including phenoxy) is 8. The summed E-state index contributed by atoms with van der Waals surface area (Å²) >= 11 is 0. The van der Waals surface area contributed by atoms with Gasteiger partial charge in [-0.25, -0.2) is 24.2 Å². The number of benzene rings is 1. The Morgan fingerprint density at radius 2 is 1.52 bits per heavy atom. The highest BCUT2D eigenvalue weighted by atomic mass is 16.7. The van der Waals surface area contributed by atoms with E-state index in [2.05, 4.69) is 36.6 Å². The van der Waals surface area contributed by atoms with E-state index in [0.717, 1.165) is 5.56 Å². The van der Waals surface area contributed by atoms with E-state index in [4.69, 9.17) is 43.6 Å². The van der Waals surface area contributed by atoms with Gasteiger partial charge in [0.05, 0.1) is 36.6 Å². The first-order valence-electron chi connectivity index (χ1n) is 28.4. The number of aliphatic imine (C=N–C) groups is 1. The summed E-state index contributed by atoms with van der Waals surface area (Å²) in [5.41, 5.74) is 3.40. The van der Waals surface area contributed by atoms with E-state index < -0.39 is 125 Å². The average Bonchev–Trinajstić information content (AvgIpc) is 3.93. The molecular formula is C57H92N10O15. The number of cyclic esters (lactones) is 1. The van der Waals surface area contributed by atoms with Crippen LogP contribution < -0.4 is 27.0 Å². The quantitative estimate of drug-likeness (QED) is 0.0299. The number of methoxy groups -OCH3 is 1. The molecule has 2 aromatic rings. The maximum atomic E-state index is 14.7. The predicted molar refractivity (Wildman–Crippen MR) is 303 cm³/mol. The maximum Gasteiger partial charge on any atom is 0.414 e. The molecule has 13 atom stereocenters. The number of aliphatic hydroxyl groups is 1. The number of aliphatic hydroxyl groups excluding tert-OH is 1. The number of unbranched alkanes of at least 4 members (excludes halogenated alkanes) is 1. The summed E-state index contributed by atoms with van der Waals surface area (Å²) in [6.45, 7) is 28.8. The molecule has 25 heteroatoms. The zero-order valence-electron chi connectivity index (χ0n) is 51.1. The number of aromatic nitrogens is 3. The van der Waals surface area contributed by atoms with Gasteiger partial charge in [-0.15, -0.1) is 5.10 Å². The van der Waals surface area contributed by atoms with E-state index in [0.29, 0.717) is 50.3 Å². The van der Waals surface area contributed by atoms with Crippen LogP contribution in [0.2, 0.25) is 0 Å². The van der Waals surface area contributed by atoms with Gasteiger partial charge in [-0.05, 0) is 147 Å². The predicted octanol–water partition coefficient (Wildman–Crippen LogP) is 6.83. The fourth-order valence-corrected chi connectivity index (χ4v) is 10.6. The first-order chi connectivity index (χ1) is 38.0. The topological polar surface area (TPSA) is 317 Å². The number of rotatable bonds is 13. The van der Waals surface area contributed by atoms with Gasteiger partial charge in [0, 0.05) is 49.5 Å². The molecule has 2 unspecified atom stereocenters. The molecule has 3 aliphatic heterocycles. The van der Waals surface area contributed by atoms with Crippen molar-refractivity contribution in [3.63, 3.8) is 0 Å². The van der Waals surface area contributed by atoms with Crippen LogP contribution in [-0.2, 0) is 54.0 Å². The molecule has 1 aromatic heterocycles. The minimum Gasteiger partial charge on any atom is -0.458 e. The van der Waals surface area contributed by atoms with Crippen LogP contribution in [0.3, 0.4) is 0 Å². The summed E-state index contributed by atoms with van der Waals surface area (Å²) in [6.07, 6.45) is -5.15. The summed E-state index contributed by atoms with van der Waals surface area (Å²) < 4.78 is 49.7. The van der Waals surface area contributed by atoms with E-state index in [9.17, 15) is 33.9 Å². The number of esters is 1. The molecule has 4 heterocycles. The molecule has 7 N–H and O–H groups in total. The number of hydrogen-bond donors (Lipinski definition) is 6. The maximum absolute atomic E-state index is 14.7. The number of carbonyl (C=O) groups excluding carboxylic acids is 6. The molecule has 0 bridgehead atoms. The summed E-state index contributed by atoms with van der Waals surface area (Å²) in [5, 5.41) is 31.6. The number of nitrogens with two attached hydrogens (primary N) is 1. The Morgan fingerprint density at radius 1 is 0.915 bits per heavy atom. The fraction of sp³-hybridized carbons (Fsp3) is 0.737. The molecule has 0 saturated carbocycles. The Labute approximate surface area is 482 Å². The van der Waals surface area contributed by atoms with E-state index in [1.807, 2.05) is 33.0 Å². The molecule has 3 aliphatic rings. The molecule has 25 nitrogen and oxygen atoms in total. The Hall–Kier alpha value is -5.99. The summed E-state index contributed by atoms with van der Waals surface area (Å²) in [4.78, 5) is 87.3. The van der Waals surface area contributed by atoms with Crippen molar-refractivity contribution in [2.75, 3.05) is 32.1 Å². The average molecular weight is 1160 g/mol. The van der Waals surface area contributed by atoms with Crippen LogP contribution in [0.1, 0.15) is 143 Å². The number of ketones is 1. The van der Waals surface area contributed by atoms with Gasteiger partial charge in [-0.1, -0.05) is 38.1 Å². The number of aryl methyl sites for hydroxylation is 1. The number of alkyl carbamates (subject to hydrolysis) is 2. The van der Waals surface area contributed by atoms with Crippen LogP contribution >= 0.6 is 0 Å². The third-order valence-corrected chi connectivity index (χ3v) is 14.4. The van der Waals surface area contributed by atoms with Crippen LogP contribution in [0.15, 0.2) is 35.5 Å². The summed E-state index contributed by atoms with van der Waals surface area (Å²) in [7, 11) is 1.49. The molecule has 4 amide bonds. The van der Waals surface area contributed by atoms with Gasteiger partial charge in [-0.3, -0.25) is 35.1 Å². The molecule has 1 aromatic carbocycles. The molecule has 0 aliphatic carbocycles. The fourth-order valence-electron chi connectivity index (χ4n) is 10.6. The number of anilines is 1. The molecule has 0 spiro atoms. The standard InChI is InChI=1S/C57H92N10O15/c1-18-41-57(16)44(67(52(74)82-57)25-20-19-24-66-31-40(64-65-66)36-22-21-23-37(26-36)61-49(71)79-53(6,7)8)35(5)59-29-32(2)28-56(15,75-17)45(33(3)42(68)34(4)46(70)77-41)78-47-43(69)39(58)27-38(76-47)30-60-48(62-50(72)80-54(9,10)11)63-51(73)81-55(12,13)14/h21-23,26,31-35,38-39,41,43-45,47,59,69H,18-20,24-25,27-30,58H2,1-17H3,(H,61,71)(H2,60,62,63,72,73)/t32-,33+,34-,35-,38+,39?,41-,43?,44-,45-,47+,56-,57-/m1/s1. The minimum absolute atomic E-state index is 0.0756. The van der Waals surface area contributed by atoms with Crippen molar-refractivity contribution in [3.8, 4) is 11.3 Å². The number of nitrogens with one attached hydrogen (secondary N) is 4. The second-order valence-electron chi connectivity index (χ2n) is 25.3. The molecule has 0 radical (unpaired) electrons. The van der Waals surface area contributed by atoms with E-state index in [1.54, 1.807) is 111 Å². The highest BCUT2D eigenvalue weighted by Gasteiger charge is 2.59. The lowest BCUT2D eigenvalue weighted by molar-refractivity contribution is -0.289. The van der Waals surface area contributed by atoms with Crippen molar-refractivity contribution in [1.29, 1.82) is 0 Å². The number of nitrogens with zero attached hydrogens (tertiary/aromatic N) is 5. The van der Waals surface area contributed by atoms with Crippen molar-refractivity contribution in [3.05, 3.63) is 30.5 Å². The third-order valence-electron chi connectivity index (χ3n) is 14.4. The lowest BCUT2D eigenvalue weighted by atomic mass is 9.78. The van der Waals surface area contributed by atoms with Gasteiger partial charge >= 0.3 is 30.3 Å². The molecule has 3 saturated heterocycles. The zero-order valence-corrected chi connectivity index (χ0v) is 51.1. The number of carbonyl (C=O) groups is 6. The van der Waals surface area contributed by atoms with Crippen molar-refractivity contribution in [2.24, 2.45) is 28.5 Å². The second kappa shape index (κ2) is 27.6. The first-order valence-corrected chi connectivity index (χ1v) is 28.4. The molecule has 3 fully saturated rings. The SMILES string of the molecule is CC[C@H]1OC(=O)[C@H](C)C(=O)[C@H](C)[C@@H](O[C@@H]2O[C@H](CN=C(NC(=O)OC(C)(C)C)NC(=O)OC(C)(C)C)CC(N)C2O)[C@](C)(OC)C[C@@H](C)CN[C@H](C)[C@H]2N(CCCCn3cc(-c4cccc(NC(=O)OC(C)(C)C)c4)nn3)C(=O)O[C@]12C. The van der Waals surface area contributed by atoms with Crippen molar-refractivity contribution in [2.45, 2.75) is 226 Å². The number of Topliss-reactive ketones (excluding diaryl/α,β-unsaturated/α-hetero) is 1. The van der Waals surface area contributed by atoms with Gasteiger partial charge in [0.1, 0.15) is 40.6 Å². The highest BCUT2D eigenvalue weighted by molar-refractivity contribution is 6.01. The van der Waals surface area contributed by atoms with Gasteiger partial charge in [0.2, 0.25) is 5.96 Å². The number of hydrogen-bond acceptors (Lipinski definition) is 20. The van der Waals surface area contributed by atoms with E-state index in [-0.39, 0.29) is 31.3 Å². The molecule has 460 valence electrons. The van der Waals surface area contributed by atoms with Crippen molar-refractivity contribution >= 4 is 47.8 Å². The second-order valence-corrected chi connectivity index (χ2v) is 25.3. The van der Waals surface area contributed by atoms with Crippen LogP contribution in [-0.4, -0.2) is 171 Å². The molecular weight excluding hydrogens is 1060 g/mol. The highest BCUT2D eigenvalue weighted by Crippen LogP contribution is 2.40. The third kappa shape index (κ3) is 18.5. The first kappa shape index (κ1) is 66.8. The zero-order chi connectivity index (χ0) is 61.3. The largest absolute Gasteiger partial charge is 0.458 e. The summed E-state index contributed by atoms with van der Waals surface area (Å²) in [6, 6.07) is 5.24. The number of fused-ring (bicyclic) bond motifs is 1. The van der Waals surface area contributed by atoms with Crippen molar-refractivity contribution in [1.82, 2.24) is 35.8 Å². The van der Waals surface area contributed by atoms with Gasteiger partial charge in [-0.2, -0.15) is 0 Å². The van der Waals surface area contributed by atoms with Gasteiger partial charge in [0.25, 0.3) is 0 Å². The van der Waals surface area contributed by atoms with E-state index in [1.165, 1.54) is 14.0 Å². The summed E-state index contributed by atoms with van der Waals surface area (Å²) in [5.74, 6) is -4.25. The van der Waals surface area contributed by atoms with Crippen LogP contribution in [0.25, 0.3) is 11.3 Å². The Balaban J connectivity index is 1.34. The molecule has 82 heavy (non-hydrogen) atoms. The van der Waals surface area contributed by atoms with Gasteiger partial charge < -0.3 is 54.1 Å². The minimum atomic E-state index is -1.45. The number of amides is 4. The van der Waals surface area contributed by atoms with Crippen LogP contribution in [0.4, 0.5) is 24.9 Å². The van der Waals surface area contributed by atoms with Crippen LogP contribution in [0.5, 0.6) is 0 Å². The van der Waals surface area contributed by atoms with Crippen molar-refractivity contribution < 1.29 is 71.8 Å². The monoisotopic (exact) mass is 1160 g/mol. The van der Waals surface area contributed by atoms with Crippen LogP contribution in [0, 0.1) is 17.8 Å².